The van der Waals surface area contributed by atoms with E-state index in [2.05, 4.69) is 15.5 Å². The number of amidine groups is 1. The van der Waals surface area contributed by atoms with Gasteiger partial charge in [-0.15, -0.1) is 12.4 Å². The smallest absolute Gasteiger partial charge is 0.261 e. The van der Waals surface area contributed by atoms with Gasteiger partial charge in [0, 0.05) is 17.0 Å². The zero-order chi connectivity index (χ0) is 18.2. The highest BCUT2D eigenvalue weighted by Gasteiger charge is 2.32. The van der Waals surface area contributed by atoms with Crippen molar-refractivity contribution in [2.24, 2.45) is 10.7 Å². The van der Waals surface area contributed by atoms with Crippen LogP contribution in [0.4, 0.5) is 10.1 Å². The summed E-state index contributed by atoms with van der Waals surface area (Å²) in [7, 11) is 0. The standard InChI is InChI=1S/C17H19FN4O2S.ClH/c1-9-14(10(2)24-22-9)15(23)20-11-4-5-13(18)12(8-11)17(3)6-7-25-16(19)21-17;/h4-5,8H,6-7H2,1-3H3,(H2,19,21)(H,20,23);1H/t17-;/m0./s1. The van der Waals surface area contributed by atoms with Gasteiger partial charge in [-0.3, -0.25) is 9.79 Å². The van der Waals surface area contributed by atoms with E-state index < -0.39 is 5.54 Å². The van der Waals surface area contributed by atoms with Crippen LogP contribution in [-0.4, -0.2) is 22.0 Å². The Kier molecular flexibility index (Phi) is 5.98. The predicted octanol–water partition coefficient (Wildman–Crippen LogP) is 3.77. The Balaban J connectivity index is 0.00000243. The maximum atomic E-state index is 14.4. The summed E-state index contributed by atoms with van der Waals surface area (Å²) in [5, 5.41) is 6.99. The zero-order valence-corrected chi connectivity index (χ0v) is 16.3. The third-order valence-corrected chi connectivity index (χ3v) is 5.06. The molecule has 0 unspecified atom stereocenters. The third kappa shape index (κ3) is 3.86. The molecular formula is C17H20ClFN4O2S. The fraction of sp³-hybridized carbons (Fsp3) is 0.353. The summed E-state index contributed by atoms with van der Waals surface area (Å²) in [6, 6.07) is 4.46. The fourth-order valence-electron chi connectivity index (χ4n) is 2.90. The number of carbonyl (C=O) groups is 1. The van der Waals surface area contributed by atoms with E-state index in [-0.39, 0.29) is 24.1 Å². The summed E-state index contributed by atoms with van der Waals surface area (Å²) in [5.41, 5.74) is 6.85. The molecule has 0 saturated heterocycles. The molecular weight excluding hydrogens is 379 g/mol. The van der Waals surface area contributed by atoms with E-state index in [1.165, 1.54) is 23.9 Å². The number of anilines is 1. The summed E-state index contributed by atoms with van der Waals surface area (Å²) in [6.45, 7) is 5.21. The van der Waals surface area contributed by atoms with Gasteiger partial charge in [-0.2, -0.15) is 0 Å². The number of hydrogen-bond acceptors (Lipinski definition) is 6. The molecule has 0 aliphatic carbocycles. The number of nitrogens with zero attached hydrogens (tertiary/aromatic N) is 2. The Morgan fingerprint density at radius 1 is 1.42 bits per heavy atom. The van der Waals surface area contributed by atoms with Crippen molar-refractivity contribution in [1.82, 2.24) is 5.16 Å². The summed E-state index contributed by atoms with van der Waals surface area (Å²) < 4.78 is 19.4. The van der Waals surface area contributed by atoms with E-state index in [0.717, 1.165) is 5.75 Å². The number of amides is 1. The molecule has 0 bridgehead atoms. The minimum atomic E-state index is -0.747. The van der Waals surface area contributed by atoms with Crippen molar-refractivity contribution < 1.29 is 13.7 Å². The number of aryl methyl sites for hydroxylation is 2. The van der Waals surface area contributed by atoms with Crippen LogP contribution < -0.4 is 11.1 Å². The van der Waals surface area contributed by atoms with Crippen LogP contribution in [0.2, 0.25) is 0 Å². The first-order valence-corrected chi connectivity index (χ1v) is 8.81. The maximum Gasteiger partial charge on any atom is 0.261 e. The van der Waals surface area contributed by atoms with Gasteiger partial charge >= 0.3 is 0 Å². The van der Waals surface area contributed by atoms with Crippen LogP contribution in [0.15, 0.2) is 27.7 Å². The molecule has 3 N–H and O–H groups in total. The van der Waals surface area contributed by atoms with Crippen LogP contribution >= 0.6 is 24.2 Å². The van der Waals surface area contributed by atoms with Crippen molar-refractivity contribution in [3.8, 4) is 0 Å². The van der Waals surface area contributed by atoms with Gasteiger partial charge in [0.15, 0.2) is 5.17 Å². The van der Waals surface area contributed by atoms with Gasteiger partial charge in [0.05, 0.1) is 11.2 Å². The van der Waals surface area contributed by atoms with Crippen molar-refractivity contribution in [2.45, 2.75) is 32.7 Å². The number of aliphatic imine (C=N–C) groups is 1. The molecule has 0 spiro atoms. The number of nitrogens with two attached hydrogens (primary N) is 1. The average molecular weight is 399 g/mol. The lowest BCUT2D eigenvalue weighted by molar-refractivity contribution is 0.102. The monoisotopic (exact) mass is 398 g/mol. The Labute approximate surface area is 161 Å². The Hall–Kier alpha value is -2.06. The van der Waals surface area contributed by atoms with Crippen molar-refractivity contribution in [2.75, 3.05) is 11.1 Å². The number of nitrogens with one attached hydrogen (secondary N) is 1. The van der Waals surface area contributed by atoms with E-state index in [1.807, 2.05) is 6.92 Å². The number of halogens is 2. The fourth-order valence-corrected chi connectivity index (χ4v) is 3.87. The summed E-state index contributed by atoms with van der Waals surface area (Å²) in [4.78, 5) is 16.9. The van der Waals surface area contributed by atoms with E-state index in [0.29, 0.717) is 39.9 Å². The molecule has 3 rings (SSSR count). The number of benzene rings is 1. The third-order valence-electron chi connectivity index (χ3n) is 4.26. The highest BCUT2D eigenvalue weighted by atomic mass is 35.5. The van der Waals surface area contributed by atoms with E-state index in [9.17, 15) is 9.18 Å². The van der Waals surface area contributed by atoms with Gasteiger partial charge in [0.25, 0.3) is 5.91 Å². The lowest BCUT2D eigenvalue weighted by atomic mass is 9.89. The molecule has 1 atom stereocenters. The number of thioether (sulfide) groups is 1. The summed E-state index contributed by atoms with van der Waals surface area (Å²) >= 11 is 1.46. The maximum absolute atomic E-state index is 14.4. The van der Waals surface area contributed by atoms with E-state index in [4.69, 9.17) is 10.3 Å². The highest BCUT2D eigenvalue weighted by molar-refractivity contribution is 8.13. The van der Waals surface area contributed by atoms with Crippen molar-refractivity contribution >= 4 is 40.9 Å². The van der Waals surface area contributed by atoms with Gasteiger partial charge in [0.2, 0.25) is 0 Å². The Bertz CT molecular complexity index is 851. The Morgan fingerprint density at radius 3 is 2.77 bits per heavy atom. The molecule has 0 radical (unpaired) electrons. The van der Waals surface area contributed by atoms with E-state index >= 15 is 0 Å². The minimum absolute atomic E-state index is 0. The van der Waals surface area contributed by atoms with Gasteiger partial charge in [0.1, 0.15) is 17.1 Å². The number of rotatable bonds is 3. The molecule has 26 heavy (non-hydrogen) atoms. The molecule has 140 valence electrons. The molecule has 0 fully saturated rings. The second-order valence-electron chi connectivity index (χ2n) is 6.17. The first kappa shape index (κ1) is 20.3. The average Bonchev–Trinajstić information content (AvgIpc) is 2.87. The molecule has 2 heterocycles. The van der Waals surface area contributed by atoms with Crippen LogP contribution in [-0.2, 0) is 5.54 Å². The number of hydrogen-bond donors (Lipinski definition) is 2. The van der Waals surface area contributed by atoms with Crippen LogP contribution in [0.25, 0.3) is 0 Å². The lowest BCUT2D eigenvalue weighted by Gasteiger charge is -2.30. The molecule has 1 aromatic heterocycles. The summed E-state index contributed by atoms with van der Waals surface area (Å²) in [5.74, 6) is 0.481. The van der Waals surface area contributed by atoms with Gasteiger partial charge in [-0.25, -0.2) is 4.39 Å². The van der Waals surface area contributed by atoms with Crippen molar-refractivity contribution in [3.63, 3.8) is 0 Å². The SMILES string of the molecule is Cc1noc(C)c1C(=O)Nc1ccc(F)c([C@]2(C)CCSC(N)=N2)c1.Cl. The molecule has 1 aromatic carbocycles. The molecule has 9 heteroatoms. The second-order valence-corrected chi connectivity index (χ2v) is 7.29. The van der Waals surface area contributed by atoms with Crippen LogP contribution in [0.3, 0.4) is 0 Å². The lowest BCUT2D eigenvalue weighted by Crippen LogP contribution is -2.29. The topological polar surface area (TPSA) is 93.5 Å². The van der Waals surface area contributed by atoms with Crippen molar-refractivity contribution in [1.29, 1.82) is 0 Å². The van der Waals surface area contributed by atoms with Gasteiger partial charge < -0.3 is 15.6 Å². The largest absolute Gasteiger partial charge is 0.379 e. The Morgan fingerprint density at radius 2 is 2.15 bits per heavy atom. The first-order chi connectivity index (χ1) is 11.8. The minimum Gasteiger partial charge on any atom is -0.379 e. The van der Waals surface area contributed by atoms with Crippen LogP contribution in [0.5, 0.6) is 0 Å². The highest BCUT2D eigenvalue weighted by Crippen LogP contribution is 2.37. The van der Waals surface area contributed by atoms with Gasteiger partial charge in [-0.1, -0.05) is 16.9 Å². The van der Waals surface area contributed by atoms with Crippen LogP contribution in [0.1, 0.15) is 40.7 Å². The van der Waals surface area contributed by atoms with Gasteiger partial charge in [-0.05, 0) is 45.4 Å². The zero-order valence-electron chi connectivity index (χ0n) is 14.6. The molecule has 6 nitrogen and oxygen atoms in total. The molecule has 1 aliphatic heterocycles. The quantitative estimate of drug-likeness (QED) is 0.820. The van der Waals surface area contributed by atoms with Crippen molar-refractivity contribution in [3.05, 3.63) is 46.6 Å². The molecule has 2 aromatic rings. The predicted molar refractivity (Wildman–Crippen MR) is 104 cm³/mol. The van der Waals surface area contributed by atoms with Crippen LogP contribution in [0, 0.1) is 19.7 Å². The number of carbonyl (C=O) groups excluding carboxylic acids is 1. The molecule has 0 saturated carbocycles. The summed E-state index contributed by atoms with van der Waals surface area (Å²) in [6.07, 6.45) is 0.663. The van der Waals surface area contributed by atoms with E-state index in [1.54, 1.807) is 19.9 Å². The first-order valence-electron chi connectivity index (χ1n) is 7.82. The normalized spacial score (nSPS) is 19.5. The second kappa shape index (κ2) is 7.67. The number of aromatic nitrogens is 1. The molecule has 1 aliphatic rings. The molecule has 1 amide bonds.